The Hall–Kier alpha value is -1.85. The molecule has 0 amide bonds. The normalized spacial score (nSPS) is 25.3. The first-order chi connectivity index (χ1) is 11.3. The van der Waals surface area contributed by atoms with E-state index >= 15 is 0 Å². The molecule has 1 aromatic heterocycles. The molecule has 5 heteroatoms. The topological polar surface area (TPSA) is 36.9 Å². The second-order valence-electron chi connectivity index (χ2n) is 6.61. The van der Waals surface area contributed by atoms with Crippen molar-refractivity contribution in [3.05, 3.63) is 40.8 Å². The van der Waals surface area contributed by atoms with E-state index in [9.17, 15) is 0 Å². The molecule has 118 valence electrons. The smallest absolute Gasteiger partial charge is 0.192 e. The van der Waals surface area contributed by atoms with Crippen LogP contribution in [0.2, 0.25) is 0 Å². The zero-order valence-electron chi connectivity index (χ0n) is 13.1. The molecule has 23 heavy (non-hydrogen) atoms. The van der Waals surface area contributed by atoms with E-state index in [2.05, 4.69) is 23.2 Å². The quantitative estimate of drug-likeness (QED) is 0.803. The van der Waals surface area contributed by atoms with E-state index in [0.717, 1.165) is 41.0 Å². The van der Waals surface area contributed by atoms with Gasteiger partial charge in [-0.15, -0.1) is 11.3 Å². The van der Waals surface area contributed by atoms with Gasteiger partial charge < -0.3 is 15.0 Å². The molecule has 0 radical (unpaired) electrons. The van der Waals surface area contributed by atoms with Gasteiger partial charge in [-0.2, -0.15) is 0 Å². The molecule has 3 aliphatic rings. The van der Waals surface area contributed by atoms with Crippen molar-refractivity contribution in [1.29, 1.82) is 0 Å². The maximum absolute atomic E-state index is 6.18. The van der Waals surface area contributed by atoms with Gasteiger partial charge in [0.2, 0.25) is 0 Å². The average molecular weight is 325 g/mol. The fourth-order valence-corrected chi connectivity index (χ4v) is 4.71. The lowest BCUT2D eigenvalue weighted by molar-refractivity contribution is 0.289. The van der Waals surface area contributed by atoms with Crippen LogP contribution in [0.4, 0.5) is 5.69 Å². The summed E-state index contributed by atoms with van der Waals surface area (Å²) in [6.45, 7) is 4.20. The molecule has 0 spiro atoms. The molecule has 5 rings (SSSR count). The first kappa shape index (κ1) is 13.6. The largest absolute Gasteiger partial charge is 0.444 e. The molecule has 1 aromatic carbocycles. The molecule has 4 nitrogen and oxygen atoms in total. The molecular weight excluding hydrogens is 306 g/mol. The monoisotopic (exact) mass is 325 g/mol. The number of amidine groups is 1. The van der Waals surface area contributed by atoms with Crippen molar-refractivity contribution in [3.63, 3.8) is 0 Å². The van der Waals surface area contributed by atoms with Gasteiger partial charge in [-0.3, -0.25) is 0 Å². The van der Waals surface area contributed by atoms with Gasteiger partial charge in [-0.1, -0.05) is 12.1 Å². The van der Waals surface area contributed by atoms with Crippen LogP contribution in [-0.2, 0) is 0 Å². The van der Waals surface area contributed by atoms with E-state index in [4.69, 9.17) is 9.73 Å². The second-order valence-corrected chi connectivity index (χ2v) is 7.83. The van der Waals surface area contributed by atoms with Crippen molar-refractivity contribution in [2.24, 2.45) is 4.99 Å². The number of rotatable bonds is 0. The van der Waals surface area contributed by atoms with Gasteiger partial charge in [0.25, 0.3) is 0 Å². The fraction of sp³-hybridized carbons (Fsp3) is 0.389. The highest BCUT2D eigenvalue weighted by atomic mass is 32.1. The van der Waals surface area contributed by atoms with Gasteiger partial charge in [0.05, 0.1) is 5.56 Å². The number of aryl methyl sites for hydroxylation is 1. The molecule has 4 heterocycles. The summed E-state index contributed by atoms with van der Waals surface area (Å²) in [4.78, 5) is 8.73. The van der Waals surface area contributed by atoms with E-state index in [1.54, 1.807) is 11.3 Å². The van der Waals surface area contributed by atoms with Crippen molar-refractivity contribution in [2.75, 3.05) is 13.1 Å². The lowest BCUT2D eigenvalue weighted by atomic mass is 10.2. The Kier molecular flexibility index (Phi) is 3.00. The number of hydrogen-bond donors (Lipinski definition) is 1. The van der Waals surface area contributed by atoms with Crippen LogP contribution in [-0.4, -0.2) is 35.9 Å². The second kappa shape index (κ2) is 5.08. The van der Waals surface area contributed by atoms with Crippen LogP contribution in [0.15, 0.2) is 35.3 Å². The number of aliphatic imine (C=N–C) groups is 1. The first-order valence-corrected chi connectivity index (χ1v) is 9.05. The summed E-state index contributed by atoms with van der Waals surface area (Å²) in [5.41, 5.74) is 2.07. The van der Waals surface area contributed by atoms with Crippen LogP contribution >= 0.6 is 11.3 Å². The van der Waals surface area contributed by atoms with Crippen molar-refractivity contribution < 1.29 is 4.74 Å². The summed E-state index contributed by atoms with van der Waals surface area (Å²) in [5, 5.41) is 4.67. The summed E-state index contributed by atoms with van der Waals surface area (Å²) >= 11 is 1.71. The highest BCUT2D eigenvalue weighted by Gasteiger charge is 2.35. The summed E-state index contributed by atoms with van der Waals surface area (Å²) in [7, 11) is 0. The molecule has 2 aromatic rings. The molecule has 2 saturated heterocycles. The molecule has 0 aliphatic carbocycles. The van der Waals surface area contributed by atoms with Crippen LogP contribution in [0.25, 0.3) is 0 Å². The Balaban J connectivity index is 1.63. The maximum atomic E-state index is 6.18. The Morgan fingerprint density at radius 3 is 2.83 bits per heavy atom. The third kappa shape index (κ3) is 2.26. The van der Waals surface area contributed by atoms with Gasteiger partial charge in [0, 0.05) is 30.1 Å². The third-order valence-electron chi connectivity index (χ3n) is 4.87. The highest BCUT2D eigenvalue weighted by molar-refractivity contribution is 7.14. The summed E-state index contributed by atoms with van der Waals surface area (Å²) in [6.07, 6.45) is 2.55. The number of para-hydroxylation sites is 2. The SMILES string of the molecule is Cc1cc2c(s1)Oc1ccccc1N=C2N1CC2CCC(C1)N2. The van der Waals surface area contributed by atoms with Crippen molar-refractivity contribution in [2.45, 2.75) is 31.8 Å². The number of hydrogen-bond acceptors (Lipinski definition) is 5. The maximum Gasteiger partial charge on any atom is 0.192 e. The van der Waals surface area contributed by atoms with E-state index in [1.807, 2.05) is 24.3 Å². The highest BCUT2D eigenvalue weighted by Crippen LogP contribution is 2.42. The number of thiophene rings is 1. The Labute approximate surface area is 139 Å². The predicted molar refractivity (Wildman–Crippen MR) is 93.3 cm³/mol. The average Bonchev–Trinajstić information content (AvgIpc) is 3.03. The van der Waals surface area contributed by atoms with Gasteiger partial charge in [0.1, 0.15) is 11.5 Å². The lowest BCUT2D eigenvalue weighted by Gasteiger charge is -2.34. The first-order valence-electron chi connectivity index (χ1n) is 8.23. The summed E-state index contributed by atoms with van der Waals surface area (Å²) in [5.74, 6) is 1.93. The molecule has 0 saturated carbocycles. The molecule has 1 N–H and O–H groups in total. The molecule has 3 aliphatic heterocycles. The Bertz CT molecular complexity index is 785. The molecule has 2 fully saturated rings. The van der Waals surface area contributed by atoms with Gasteiger partial charge >= 0.3 is 0 Å². The zero-order chi connectivity index (χ0) is 15.4. The van der Waals surface area contributed by atoms with Gasteiger partial charge in [0.15, 0.2) is 10.8 Å². The minimum absolute atomic E-state index is 0.596. The zero-order valence-corrected chi connectivity index (χ0v) is 13.9. The molecule has 2 unspecified atom stereocenters. The van der Waals surface area contributed by atoms with E-state index in [1.165, 1.54) is 17.7 Å². The standard InChI is InChI=1S/C18H19N3OS/c1-11-8-14-17(21-9-12-6-7-13(10-21)19-12)20-15-4-2-3-5-16(15)22-18(14)23-11/h2-5,8,12-13,19H,6-7,9-10H2,1H3. The number of fused-ring (bicyclic) bond motifs is 4. The van der Waals surface area contributed by atoms with Crippen LogP contribution in [0, 0.1) is 6.92 Å². The minimum atomic E-state index is 0.596. The number of piperazine rings is 1. The molecular formula is C18H19N3OS. The minimum Gasteiger partial charge on any atom is -0.444 e. The Morgan fingerprint density at radius 2 is 2.00 bits per heavy atom. The van der Waals surface area contributed by atoms with Crippen LogP contribution in [0.1, 0.15) is 23.3 Å². The summed E-state index contributed by atoms with van der Waals surface area (Å²) < 4.78 is 6.18. The molecule has 2 bridgehead atoms. The number of benzene rings is 1. The molecule has 2 atom stereocenters. The van der Waals surface area contributed by atoms with E-state index < -0.39 is 0 Å². The Morgan fingerprint density at radius 1 is 1.22 bits per heavy atom. The van der Waals surface area contributed by atoms with Crippen molar-refractivity contribution in [1.82, 2.24) is 10.2 Å². The van der Waals surface area contributed by atoms with Crippen LogP contribution in [0.3, 0.4) is 0 Å². The van der Waals surface area contributed by atoms with Gasteiger partial charge in [-0.05, 0) is 38.0 Å². The number of nitrogens with zero attached hydrogens (tertiary/aromatic N) is 2. The third-order valence-corrected chi connectivity index (χ3v) is 5.80. The van der Waals surface area contributed by atoms with Crippen LogP contribution in [0.5, 0.6) is 10.8 Å². The lowest BCUT2D eigenvalue weighted by Crippen LogP contribution is -2.53. The van der Waals surface area contributed by atoms with Crippen LogP contribution < -0.4 is 10.1 Å². The van der Waals surface area contributed by atoms with E-state index in [-0.39, 0.29) is 0 Å². The van der Waals surface area contributed by atoms with Crippen molar-refractivity contribution >= 4 is 22.9 Å². The number of nitrogens with one attached hydrogen (secondary N) is 1. The number of ether oxygens (including phenoxy) is 1. The predicted octanol–water partition coefficient (Wildman–Crippen LogP) is 3.68. The van der Waals surface area contributed by atoms with Gasteiger partial charge in [-0.25, -0.2) is 4.99 Å². The van der Waals surface area contributed by atoms with E-state index in [0.29, 0.717) is 12.1 Å². The fourth-order valence-electron chi connectivity index (χ4n) is 3.85. The summed E-state index contributed by atoms with van der Waals surface area (Å²) in [6, 6.07) is 11.5. The number of likely N-dealkylation sites (tertiary alicyclic amines) is 1. The van der Waals surface area contributed by atoms with Crippen molar-refractivity contribution in [3.8, 4) is 10.8 Å².